The second-order valence-electron chi connectivity index (χ2n) is 3.58. The molecule has 1 atom stereocenters. The van der Waals surface area contributed by atoms with Gasteiger partial charge in [-0.3, -0.25) is 4.79 Å². The van der Waals surface area contributed by atoms with Crippen molar-refractivity contribution in [2.75, 3.05) is 11.4 Å². The minimum atomic E-state index is -0.521. The third-order valence-electron chi connectivity index (χ3n) is 2.36. The number of hydrogen-bond donors (Lipinski definition) is 1. The fourth-order valence-electron chi connectivity index (χ4n) is 1.70. The molecule has 1 fully saturated rings. The van der Waals surface area contributed by atoms with Crippen molar-refractivity contribution in [3.8, 4) is 0 Å². The summed E-state index contributed by atoms with van der Waals surface area (Å²) in [7, 11) is 0. The lowest BCUT2D eigenvalue weighted by Gasteiger charge is -2.19. The lowest BCUT2D eigenvalue weighted by molar-refractivity contribution is -0.117. The average molecular weight is 280 g/mol. The number of halogens is 3. The molecule has 2 nitrogen and oxygen atoms in total. The number of rotatable bonds is 1. The van der Waals surface area contributed by atoms with Crippen molar-refractivity contribution in [3.63, 3.8) is 0 Å². The topological polar surface area (TPSA) is 20.3 Å². The van der Waals surface area contributed by atoms with Crippen LogP contribution >= 0.6 is 35.8 Å². The quantitative estimate of drug-likeness (QED) is 0.783. The maximum atomic E-state index is 13.0. The molecule has 1 heterocycles. The van der Waals surface area contributed by atoms with Gasteiger partial charge in [0.1, 0.15) is 5.82 Å². The largest absolute Gasteiger partial charge is 0.308 e. The molecule has 1 aliphatic heterocycles. The van der Waals surface area contributed by atoms with E-state index in [9.17, 15) is 9.18 Å². The first-order valence-electron chi connectivity index (χ1n) is 4.62. The van der Waals surface area contributed by atoms with Crippen molar-refractivity contribution in [1.82, 2.24) is 0 Å². The van der Waals surface area contributed by atoms with Crippen LogP contribution in [0, 0.1) is 5.82 Å². The van der Waals surface area contributed by atoms with Crippen LogP contribution < -0.4 is 4.90 Å². The molecule has 1 aromatic rings. The van der Waals surface area contributed by atoms with Crippen LogP contribution in [0.3, 0.4) is 0 Å². The summed E-state index contributed by atoms with van der Waals surface area (Å²) in [4.78, 5) is 13.1. The predicted octanol–water partition coefficient (Wildman–Crippen LogP) is 3.17. The van der Waals surface area contributed by atoms with Gasteiger partial charge in [-0.25, -0.2) is 4.39 Å². The van der Waals surface area contributed by atoms with Crippen LogP contribution in [-0.4, -0.2) is 17.7 Å². The smallest absolute Gasteiger partial charge is 0.228 e. The standard InChI is InChI=1S/C10H8Cl2FNOS/c11-7-1-5(13)2-8(12)10(7)14-4-6(16)3-9(14)15/h1-2,6,16H,3-4H2. The SMILES string of the molecule is O=C1CC(S)CN1c1c(Cl)cc(F)cc1Cl. The van der Waals surface area contributed by atoms with Gasteiger partial charge in [0.15, 0.2) is 0 Å². The summed E-state index contributed by atoms with van der Waals surface area (Å²) in [5, 5.41) is 0.242. The molecule has 2 rings (SSSR count). The van der Waals surface area contributed by atoms with Crippen LogP contribution in [0.4, 0.5) is 10.1 Å². The molecule has 86 valence electrons. The van der Waals surface area contributed by atoms with Crippen molar-refractivity contribution in [2.45, 2.75) is 11.7 Å². The highest BCUT2D eigenvalue weighted by Crippen LogP contribution is 2.37. The zero-order valence-corrected chi connectivity index (χ0v) is 10.5. The Labute approximate surface area is 108 Å². The summed E-state index contributed by atoms with van der Waals surface area (Å²) in [5.41, 5.74) is 0.367. The van der Waals surface area contributed by atoms with Gasteiger partial charge in [-0.2, -0.15) is 12.6 Å². The van der Waals surface area contributed by atoms with Gasteiger partial charge in [-0.15, -0.1) is 0 Å². The predicted molar refractivity (Wildman–Crippen MR) is 66.2 cm³/mol. The summed E-state index contributed by atoms with van der Waals surface area (Å²) in [6.45, 7) is 0.438. The highest BCUT2D eigenvalue weighted by Gasteiger charge is 2.31. The Bertz CT molecular complexity index is 431. The Morgan fingerprint density at radius 2 is 1.94 bits per heavy atom. The Hall–Kier alpha value is -0.450. The number of carbonyl (C=O) groups is 1. The van der Waals surface area contributed by atoms with Gasteiger partial charge >= 0.3 is 0 Å². The number of amides is 1. The molecule has 0 aromatic heterocycles. The molecular formula is C10H8Cl2FNOS. The molecule has 1 aliphatic rings. The van der Waals surface area contributed by atoms with Crippen molar-refractivity contribution >= 4 is 47.4 Å². The Kier molecular flexibility index (Phi) is 3.33. The van der Waals surface area contributed by atoms with Gasteiger partial charge < -0.3 is 4.90 Å². The van der Waals surface area contributed by atoms with Gasteiger partial charge in [-0.05, 0) is 12.1 Å². The number of hydrogen-bond acceptors (Lipinski definition) is 2. The van der Waals surface area contributed by atoms with E-state index in [1.165, 1.54) is 4.90 Å². The third-order valence-corrected chi connectivity index (χ3v) is 3.28. The molecule has 0 radical (unpaired) electrons. The van der Waals surface area contributed by atoms with Crippen LogP contribution in [-0.2, 0) is 4.79 Å². The van der Waals surface area contributed by atoms with E-state index in [0.717, 1.165) is 12.1 Å². The highest BCUT2D eigenvalue weighted by atomic mass is 35.5. The first-order valence-corrected chi connectivity index (χ1v) is 5.89. The molecule has 0 saturated carbocycles. The van der Waals surface area contributed by atoms with Crippen LogP contribution in [0.2, 0.25) is 10.0 Å². The average Bonchev–Trinajstić information content (AvgIpc) is 2.43. The fraction of sp³-hybridized carbons (Fsp3) is 0.300. The third kappa shape index (κ3) is 2.14. The number of nitrogens with zero attached hydrogens (tertiary/aromatic N) is 1. The van der Waals surface area contributed by atoms with Gasteiger partial charge in [0.25, 0.3) is 0 Å². The van der Waals surface area contributed by atoms with E-state index in [1.807, 2.05) is 0 Å². The number of anilines is 1. The van der Waals surface area contributed by atoms with Gasteiger partial charge in [-0.1, -0.05) is 23.2 Å². The monoisotopic (exact) mass is 279 g/mol. The minimum absolute atomic E-state index is 0.0373. The van der Waals surface area contributed by atoms with Crippen molar-refractivity contribution < 1.29 is 9.18 Å². The van der Waals surface area contributed by atoms with E-state index >= 15 is 0 Å². The Morgan fingerprint density at radius 3 is 2.38 bits per heavy atom. The molecular weight excluding hydrogens is 272 g/mol. The van der Waals surface area contributed by atoms with Gasteiger partial charge in [0.05, 0.1) is 15.7 Å². The zero-order chi connectivity index (χ0) is 11.9. The van der Waals surface area contributed by atoms with E-state index in [1.54, 1.807) is 0 Å². The summed E-state index contributed by atoms with van der Waals surface area (Å²) in [5.74, 6) is -0.622. The maximum Gasteiger partial charge on any atom is 0.228 e. The van der Waals surface area contributed by atoms with Crippen molar-refractivity contribution in [2.24, 2.45) is 0 Å². The Morgan fingerprint density at radius 1 is 1.38 bits per heavy atom. The van der Waals surface area contributed by atoms with E-state index < -0.39 is 5.82 Å². The lowest BCUT2D eigenvalue weighted by Crippen LogP contribution is -2.25. The molecule has 0 bridgehead atoms. The molecule has 1 aromatic carbocycles. The summed E-state index contributed by atoms with van der Waals surface area (Å²) < 4.78 is 13.0. The molecule has 6 heteroatoms. The molecule has 1 saturated heterocycles. The summed E-state index contributed by atoms with van der Waals surface area (Å²) in [6.07, 6.45) is 0.340. The second kappa shape index (κ2) is 4.43. The molecule has 0 N–H and O–H groups in total. The minimum Gasteiger partial charge on any atom is -0.308 e. The van der Waals surface area contributed by atoms with Crippen LogP contribution in [0.5, 0.6) is 0 Å². The van der Waals surface area contributed by atoms with Crippen molar-refractivity contribution in [1.29, 1.82) is 0 Å². The van der Waals surface area contributed by atoms with E-state index in [-0.39, 0.29) is 21.2 Å². The fourth-order valence-corrected chi connectivity index (χ4v) is 2.68. The molecule has 16 heavy (non-hydrogen) atoms. The van der Waals surface area contributed by atoms with Crippen LogP contribution in [0.1, 0.15) is 6.42 Å². The highest BCUT2D eigenvalue weighted by molar-refractivity contribution is 7.81. The number of carbonyl (C=O) groups excluding carboxylic acids is 1. The van der Waals surface area contributed by atoms with Crippen LogP contribution in [0.15, 0.2) is 12.1 Å². The first-order chi connectivity index (χ1) is 7.49. The van der Waals surface area contributed by atoms with Crippen LogP contribution in [0.25, 0.3) is 0 Å². The van der Waals surface area contributed by atoms with E-state index in [2.05, 4.69) is 12.6 Å². The molecule has 0 spiro atoms. The summed E-state index contributed by atoms with van der Waals surface area (Å²) in [6, 6.07) is 2.28. The maximum absolute atomic E-state index is 13.0. The second-order valence-corrected chi connectivity index (χ2v) is 5.13. The van der Waals surface area contributed by atoms with E-state index in [4.69, 9.17) is 23.2 Å². The van der Waals surface area contributed by atoms with Crippen molar-refractivity contribution in [3.05, 3.63) is 28.0 Å². The molecule has 1 amide bonds. The number of thiol groups is 1. The normalized spacial score (nSPS) is 20.6. The molecule has 1 unspecified atom stereocenters. The first kappa shape index (κ1) is 12.0. The molecule has 0 aliphatic carbocycles. The van der Waals surface area contributed by atoms with Gasteiger partial charge in [0.2, 0.25) is 5.91 Å². The van der Waals surface area contributed by atoms with Gasteiger partial charge in [0, 0.05) is 18.2 Å². The zero-order valence-electron chi connectivity index (χ0n) is 8.08. The lowest BCUT2D eigenvalue weighted by atomic mass is 10.3. The van der Waals surface area contributed by atoms with E-state index in [0.29, 0.717) is 18.7 Å². The summed E-state index contributed by atoms with van der Waals surface area (Å²) >= 11 is 16.0. The number of benzene rings is 1. The Balaban J connectivity index is 2.44.